The number of unbranched alkanes of at least 4 members (excludes halogenated alkanes) is 1. The molecule has 21 heavy (non-hydrogen) atoms. The van der Waals surface area contributed by atoms with Crippen molar-refractivity contribution in [3.05, 3.63) is 18.0 Å². The van der Waals surface area contributed by atoms with Gasteiger partial charge in [-0.1, -0.05) is 13.8 Å². The third-order valence-electron chi connectivity index (χ3n) is 3.28. The van der Waals surface area contributed by atoms with E-state index in [0.717, 1.165) is 18.9 Å². The standard InChI is InChI=1S/C14H24F3N3O/c1-11(2)18-13(3,10-21)7-4-5-8-20-9-6-12(19-20)14(15,16)17/h6,9,11,18,21H,4-5,7-8,10H2,1-3H3. The first-order valence-electron chi connectivity index (χ1n) is 7.15. The lowest BCUT2D eigenvalue weighted by Crippen LogP contribution is -2.49. The number of hydrogen-bond acceptors (Lipinski definition) is 3. The van der Waals surface area contributed by atoms with E-state index in [-0.39, 0.29) is 18.2 Å². The molecule has 0 bridgehead atoms. The van der Waals surface area contributed by atoms with Crippen LogP contribution >= 0.6 is 0 Å². The molecule has 1 unspecified atom stereocenters. The Balaban J connectivity index is 2.38. The molecule has 0 radical (unpaired) electrons. The summed E-state index contributed by atoms with van der Waals surface area (Å²) in [7, 11) is 0. The average molecular weight is 307 g/mol. The zero-order valence-corrected chi connectivity index (χ0v) is 12.7. The van der Waals surface area contributed by atoms with Crippen LogP contribution in [-0.2, 0) is 12.7 Å². The minimum absolute atomic E-state index is 0.0329. The minimum Gasteiger partial charge on any atom is -0.394 e. The van der Waals surface area contributed by atoms with Crippen LogP contribution in [0.5, 0.6) is 0 Å². The second kappa shape index (κ2) is 7.26. The number of aliphatic hydroxyl groups is 1. The maximum absolute atomic E-state index is 12.4. The highest BCUT2D eigenvalue weighted by Gasteiger charge is 2.33. The van der Waals surface area contributed by atoms with E-state index >= 15 is 0 Å². The number of hydrogen-bond donors (Lipinski definition) is 2. The minimum atomic E-state index is -4.39. The predicted octanol–water partition coefficient (Wildman–Crippen LogP) is 2.82. The maximum atomic E-state index is 12.4. The van der Waals surface area contributed by atoms with Gasteiger partial charge in [0, 0.05) is 24.3 Å². The van der Waals surface area contributed by atoms with Crippen molar-refractivity contribution < 1.29 is 18.3 Å². The van der Waals surface area contributed by atoms with Crippen LogP contribution < -0.4 is 5.32 Å². The van der Waals surface area contributed by atoms with E-state index < -0.39 is 11.9 Å². The number of aryl methyl sites for hydroxylation is 1. The molecule has 0 spiro atoms. The van der Waals surface area contributed by atoms with Gasteiger partial charge in [-0.05, 0) is 32.3 Å². The average Bonchev–Trinajstić information content (AvgIpc) is 2.82. The molecule has 0 amide bonds. The Morgan fingerprint density at radius 1 is 1.33 bits per heavy atom. The van der Waals surface area contributed by atoms with Gasteiger partial charge in [0.2, 0.25) is 0 Å². The second-order valence-electron chi connectivity index (χ2n) is 5.94. The molecule has 1 aromatic rings. The molecule has 0 aliphatic heterocycles. The molecule has 1 atom stereocenters. The highest BCUT2D eigenvalue weighted by atomic mass is 19.4. The molecule has 0 fully saturated rings. The van der Waals surface area contributed by atoms with Crippen LogP contribution in [0.4, 0.5) is 13.2 Å². The summed E-state index contributed by atoms with van der Waals surface area (Å²) in [5.41, 5.74) is -1.21. The monoisotopic (exact) mass is 307 g/mol. The summed E-state index contributed by atoms with van der Waals surface area (Å²) in [5.74, 6) is 0. The molecule has 1 aromatic heterocycles. The third kappa shape index (κ3) is 6.05. The van der Waals surface area contributed by atoms with Crippen LogP contribution in [0.1, 0.15) is 45.7 Å². The summed E-state index contributed by atoms with van der Waals surface area (Å²) in [6, 6.07) is 1.25. The quantitative estimate of drug-likeness (QED) is 0.726. The lowest BCUT2D eigenvalue weighted by molar-refractivity contribution is -0.141. The van der Waals surface area contributed by atoms with Crippen molar-refractivity contribution in [3.63, 3.8) is 0 Å². The van der Waals surface area contributed by atoms with Gasteiger partial charge in [0.1, 0.15) is 0 Å². The largest absolute Gasteiger partial charge is 0.435 e. The lowest BCUT2D eigenvalue weighted by Gasteiger charge is -2.31. The van der Waals surface area contributed by atoms with Gasteiger partial charge in [-0.25, -0.2) is 0 Å². The van der Waals surface area contributed by atoms with Crippen LogP contribution in [0.2, 0.25) is 0 Å². The second-order valence-corrected chi connectivity index (χ2v) is 5.94. The molecule has 0 aromatic carbocycles. The SMILES string of the molecule is CC(C)NC(C)(CO)CCCCn1ccc(C(F)(F)F)n1. The number of rotatable bonds is 8. The Kier molecular flexibility index (Phi) is 6.22. The van der Waals surface area contributed by atoms with Gasteiger partial charge in [-0.15, -0.1) is 0 Å². The van der Waals surface area contributed by atoms with Gasteiger partial charge in [-0.2, -0.15) is 18.3 Å². The van der Waals surface area contributed by atoms with Crippen molar-refractivity contribution in [3.8, 4) is 0 Å². The third-order valence-corrected chi connectivity index (χ3v) is 3.28. The molecule has 0 saturated heterocycles. The van der Waals surface area contributed by atoms with E-state index in [1.54, 1.807) is 0 Å². The molecule has 0 aliphatic rings. The molecule has 1 rings (SSSR count). The van der Waals surface area contributed by atoms with Crippen molar-refractivity contribution in [2.24, 2.45) is 0 Å². The summed E-state index contributed by atoms with van der Waals surface area (Å²) in [6.45, 7) is 6.44. The van der Waals surface area contributed by atoms with Crippen molar-refractivity contribution in [2.75, 3.05) is 6.61 Å². The zero-order valence-electron chi connectivity index (χ0n) is 12.7. The number of nitrogens with zero attached hydrogens (tertiary/aromatic N) is 2. The zero-order chi connectivity index (χ0) is 16.1. The lowest BCUT2D eigenvalue weighted by atomic mass is 9.95. The Morgan fingerprint density at radius 2 is 2.00 bits per heavy atom. The Bertz CT molecular complexity index is 431. The molecule has 4 nitrogen and oxygen atoms in total. The molecule has 2 N–H and O–H groups in total. The molecule has 0 saturated carbocycles. The summed E-state index contributed by atoms with van der Waals surface area (Å²) < 4.78 is 38.5. The van der Waals surface area contributed by atoms with Gasteiger partial charge >= 0.3 is 6.18 Å². The number of halogens is 3. The number of aromatic nitrogens is 2. The van der Waals surface area contributed by atoms with Gasteiger partial charge in [0.15, 0.2) is 5.69 Å². The van der Waals surface area contributed by atoms with Crippen LogP contribution in [0.25, 0.3) is 0 Å². The van der Waals surface area contributed by atoms with Crippen LogP contribution in [-0.4, -0.2) is 33.1 Å². The van der Waals surface area contributed by atoms with E-state index in [9.17, 15) is 18.3 Å². The van der Waals surface area contributed by atoms with Gasteiger partial charge in [0.05, 0.1) is 6.61 Å². The molecule has 122 valence electrons. The van der Waals surface area contributed by atoms with E-state index in [4.69, 9.17) is 0 Å². The first-order chi connectivity index (χ1) is 9.66. The topological polar surface area (TPSA) is 50.1 Å². The first kappa shape index (κ1) is 18.0. The Morgan fingerprint density at radius 3 is 2.48 bits per heavy atom. The normalized spacial score (nSPS) is 15.4. The van der Waals surface area contributed by atoms with Crippen molar-refractivity contribution >= 4 is 0 Å². The molecular formula is C14H24F3N3O. The number of nitrogens with one attached hydrogen (secondary N) is 1. The Labute approximate surface area is 123 Å². The van der Waals surface area contributed by atoms with E-state index in [1.165, 1.54) is 10.9 Å². The number of alkyl halides is 3. The highest BCUT2D eigenvalue weighted by molar-refractivity contribution is 5.03. The molecular weight excluding hydrogens is 283 g/mol. The van der Waals surface area contributed by atoms with Gasteiger partial charge in [0.25, 0.3) is 0 Å². The van der Waals surface area contributed by atoms with Gasteiger partial charge in [-0.3, -0.25) is 4.68 Å². The van der Waals surface area contributed by atoms with E-state index in [2.05, 4.69) is 10.4 Å². The summed E-state index contributed by atoms with van der Waals surface area (Å²) in [6.07, 6.45) is -0.760. The highest BCUT2D eigenvalue weighted by Crippen LogP contribution is 2.27. The first-order valence-corrected chi connectivity index (χ1v) is 7.15. The molecule has 1 heterocycles. The summed E-state index contributed by atoms with van der Waals surface area (Å²) in [5, 5.41) is 16.3. The van der Waals surface area contributed by atoms with Gasteiger partial charge < -0.3 is 10.4 Å². The molecule has 7 heteroatoms. The van der Waals surface area contributed by atoms with Crippen LogP contribution in [0, 0.1) is 0 Å². The fraction of sp³-hybridized carbons (Fsp3) is 0.786. The van der Waals surface area contributed by atoms with Crippen molar-refractivity contribution in [1.82, 2.24) is 15.1 Å². The number of aliphatic hydroxyl groups excluding tert-OH is 1. The van der Waals surface area contributed by atoms with E-state index in [0.29, 0.717) is 13.0 Å². The van der Waals surface area contributed by atoms with Crippen LogP contribution in [0.15, 0.2) is 12.3 Å². The smallest absolute Gasteiger partial charge is 0.394 e. The summed E-state index contributed by atoms with van der Waals surface area (Å²) >= 11 is 0. The molecule has 0 aliphatic carbocycles. The summed E-state index contributed by atoms with van der Waals surface area (Å²) in [4.78, 5) is 0. The maximum Gasteiger partial charge on any atom is 0.435 e. The fourth-order valence-corrected chi connectivity index (χ4v) is 2.32. The fourth-order valence-electron chi connectivity index (χ4n) is 2.32. The van der Waals surface area contributed by atoms with Crippen LogP contribution in [0.3, 0.4) is 0 Å². The predicted molar refractivity (Wildman–Crippen MR) is 74.8 cm³/mol. The van der Waals surface area contributed by atoms with Crippen molar-refractivity contribution in [2.45, 2.75) is 64.3 Å². The Hall–Kier alpha value is -1.08. The van der Waals surface area contributed by atoms with E-state index in [1.807, 2.05) is 20.8 Å². The van der Waals surface area contributed by atoms with Crippen molar-refractivity contribution in [1.29, 1.82) is 0 Å².